The molecule has 0 atom stereocenters. The minimum absolute atomic E-state index is 0.613. The van der Waals surface area contributed by atoms with Crippen LogP contribution in [0.25, 0.3) is 0 Å². The zero-order valence-corrected chi connectivity index (χ0v) is 15.2. The van der Waals surface area contributed by atoms with Crippen molar-refractivity contribution < 1.29 is 0 Å². The Morgan fingerprint density at radius 2 is 2.22 bits per heavy atom. The van der Waals surface area contributed by atoms with E-state index in [-0.39, 0.29) is 0 Å². The fourth-order valence-corrected chi connectivity index (χ4v) is 3.14. The van der Waals surface area contributed by atoms with E-state index < -0.39 is 0 Å². The Bertz CT molecular complexity index is 639. The van der Waals surface area contributed by atoms with Crippen molar-refractivity contribution in [1.82, 2.24) is 15.6 Å². The topological polar surface area (TPSA) is 49.3 Å². The van der Waals surface area contributed by atoms with Crippen molar-refractivity contribution in [2.24, 2.45) is 4.99 Å². The highest BCUT2D eigenvalue weighted by Gasteiger charge is 2.01. The lowest BCUT2D eigenvalue weighted by Crippen LogP contribution is -2.37. The summed E-state index contributed by atoms with van der Waals surface area (Å²) >= 11 is 7.73. The summed E-state index contributed by atoms with van der Waals surface area (Å²) in [4.78, 5) is 9.08. The third-order valence-electron chi connectivity index (χ3n) is 3.18. The van der Waals surface area contributed by atoms with Gasteiger partial charge in [-0.15, -0.1) is 11.3 Å². The summed E-state index contributed by atoms with van der Waals surface area (Å²) in [5.74, 6) is 0.836. The molecule has 0 amide bonds. The minimum Gasteiger partial charge on any atom is -0.357 e. The molecule has 0 aliphatic heterocycles. The van der Waals surface area contributed by atoms with Crippen molar-refractivity contribution in [2.75, 3.05) is 13.1 Å². The Morgan fingerprint density at radius 1 is 1.35 bits per heavy atom. The molecule has 0 aliphatic rings. The average Bonchev–Trinajstić information content (AvgIpc) is 2.94. The van der Waals surface area contributed by atoms with Crippen LogP contribution in [0, 0.1) is 6.92 Å². The van der Waals surface area contributed by atoms with Gasteiger partial charge in [-0.2, -0.15) is 0 Å². The first kappa shape index (κ1) is 17.8. The number of aryl methyl sites for hydroxylation is 2. The summed E-state index contributed by atoms with van der Waals surface area (Å²) in [7, 11) is 0. The van der Waals surface area contributed by atoms with Gasteiger partial charge in [0.05, 0.1) is 11.6 Å². The average molecular weight is 351 g/mol. The maximum Gasteiger partial charge on any atom is 0.191 e. The minimum atomic E-state index is 0.613. The number of nitrogens with one attached hydrogen (secondary N) is 2. The number of nitrogens with zero attached hydrogens (tertiary/aromatic N) is 2. The van der Waals surface area contributed by atoms with E-state index in [2.05, 4.69) is 32.9 Å². The van der Waals surface area contributed by atoms with Gasteiger partial charge in [-0.1, -0.05) is 23.7 Å². The third kappa shape index (κ3) is 6.59. The highest BCUT2D eigenvalue weighted by molar-refractivity contribution is 7.09. The summed E-state index contributed by atoms with van der Waals surface area (Å²) < 4.78 is 0. The van der Waals surface area contributed by atoms with Crippen molar-refractivity contribution in [3.63, 3.8) is 0 Å². The SMILES string of the molecule is CCNC(=NCc1cccc(Cl)c1)NCCCc1nc(C)cs1. The van der Waals surface area contributed by atoms with Crippen LogP contribution in [0.5, 0.6) is 0 Å². The molecule has 0 bridgehead atoms. The van der Waals surface area contributed by atoms with Gasteiger partial charge in [-0.05, 0) is 38.0 Å². The van der Waals surface area contributed by atoms with Gasteiger partial charge in [0.2, 0.25) is 0 Å². The van der Waals surface area contributed by atoms with Gasteiger partial charge in [0, 0.05) is 35.6 Å². The number of halogens is 1. The van der Waals surface area contributed by atoms with E-state index in [1.54, 1.807) is 11.3 Å². The Hall–Kier alpha value is -1.59. The maximum absolute atomic E-state index is 6.00. The van der Waals surface area contributed by atoms with Gasteiger partial charge >= 0.3 is 0 Å². The number of thiazole rings is 1. The van der Waals surface area contributed by atoms with Gasteiger partial charge < -0.3 is 10.6 Å². The first-order valence-electron chi connectivity index (χ1n) is 7.85. The fraction of sp³-hybridized carbons (Fsp3) is 0.412. The molecule has 0 spiro atoms. The molecule has 2 aromatic rings. The first-order chi connectivity index (χ1) is 11.2. The lowest BCUT2D eigenvalue weighted by molar-refractivity contribution is 0.740. The van der Waals surface area contributed by atoms with Gasteiger partial charge in [0.1, 0.15) is 0 Å². The Morgan fingerprint density at radius 3 is 2.91 bits per heavy atom. The van der Waals surface area contributed by atoms with Gasteiger partial charge in [0.15, 0.2) is 5.96 Å². The molecule has 0 radical (unpaired) electrons. The van der Waals surface area contributed by atoms with Crippen molar-refractivity contribution in [3.8, 4) is 0 Å². The van der Waals surface area contributed by atoms with E-state index in [4.69, 9.17) is 11.6 Å². The number of hydrogen-bond donors (Lipinski definition) is 2. The Kier molecular flexibility index (Phi) is 7.36. The molecule has 0 unspecified atom stereocenters. The van der Waals surface area contributed by atoms with E-state index in [0.29, 0.717) is 6.54 Å². The molecule has 1 heterocycles. The second kappa shape index (κ2) is 9.53. The predicted molar refractivity (Wildman–Crippen MR) is 99.4 cm³/mol. The van der Waals surface area contributed by atoms with Crippen molar-refractivity contribution in [3.05, 3.63) is 50.9 Å². The Balaban J connectivity index is 1.79. The van der Waals surface area contributed by atoms with Crippen molar-refractivity contribution >= 4 is 28.9 Å². The van der Waals surface area contributed by atoms with Crippen LogP contribution < -0.4 is 10.6 Å². The normalized spacial score (nSPS) is 11.5. The second-order valence-electron chi connectivity index (χ2n) is 5.24. The van der Waals surface area contributed by atoms with Crippen molar-refractivity contribution in [2.45, 2.75) is 33.2 Å². The maximum atomic E-state index is 6.00. The van der Waals surface area contributed by atoms with Crippen LogP contribution in [0.2, 0.25) is 5.02 Å². The number of benzene rings is 1. The van der Waals surface area contributed by atoms with Gasteiger partial charge in [0.25, 0.3) is 0 Å². The molecule has 124 valence electrons. The van der Waals surface area contributed by atoms with Crippen LogP contribution in [0.1, 0.15) is 29.6 Å². The lowest BCUT2D eigenvalue weighted by Gasteiger charge is -2.11. The number of aliphatic imine (C=N–C) groups is 1. The van der Waals surface area contributed by atoms with E-state index in [9.17, 15) is 0 Å². The molecule has 2 N–H and O–H groups in total. The summed E-state index contributed by atoms with van der Waals surface area (Å²) in [5, 5.41) is 10.7. The predicted octanol–water partition coefficient (Wildman–Crippen LogP) is 3.79. The molecule has 0 saturated heterocycles. The largest absolute Gasteiger partial charge is 0.357 e. The highest BCUT2D eigenvalue weighted by atomic mass is 35.5. The fourth-order valence-electron chi connectivity index (χ4n) is 2.11. The summed E-state index contributed by atoms with van der Waals surface area (Å²) in [5.41, 5.74) is 2.21. The van der Waals surface area contributed by atoms with Crippen molar-refractivity contribution in [1.29, 1.82) is 0 Å². The second-order valence-corrected chi connectivity index (χ2v) is 6.62. The lowest BCUT2D eigenvalue weighted by atomic mass is 10.2. The monoisotopic (exact) mass is 350 g/mol. The zero-order chi connectivity index (χ0) is 16.5. The van der Waals surface area contributed by atoms with E-state index >= 15 is 0 Å². The van der Waals surface area contributed by atoms with Crippen LogP contribution >= 0.6 is 22.9 Å². The van der Waals surface area contributed by atoms with Crippen LogP contribution in [-0.2, 0) is 13.0 Å². The van der Waals surface area contributed by atoms with Crippen LogP contribution in [-0.4, -0.2) is 24.0 Å². The zero-order valence-electron chi connectivity index (χ0n) is 13.6. The molecule has 4 nitrogen and oxygen atoms in total. The first-order valence-corrected chi connectivity index (χ1v) is 9.10. The third-order valence-corrected chi connectivity index (χ3v) is 4.44. The molecular formula is C17H23ClN4S. The van der Waals surface area contributed by atoms with Crippen LogP contribution in [0.3, 0.4) is 0 Å². The molecule has 1 aromatic heterocycles. The quantitative estimate of drug-likeness (QED) is 0.453. The van der Waals surface area contributed by atoms with Gasteiger partial charge in [-0.25, -0.2) is 9.98 Å². The standard InChI is InChI=1S/C17H23ClN4S/c1-3-19-17(21-11-14-6-4-7-15(18)10-14)20-9-5-8-16-22-13(2)12-23-16/h4,6-7,10,12H,3,5,8-9,11H2,1-2H3,(H2,19,20,21). The molecule has 2 rings (SSSR count). The molecule has 1 aromatic carbocycles. The molecule has 6 heteroatoms. The summed E-state index contributed by atoms with van der Waals surface area (Å²) in [6.45, 7) is 6.42. The van der Waals surface area contributed by atoms with Gasteiger partial charge in [-0.3, -0.25) is 0 Å². The molecule has 0 saturated carbocycles. The van der Waals surface area contributed by atoms with Crippen LogP contribution in [0.15, 0.2) is 34.6 Å². The van der Waals surface area contributed by atoms with E-state index in [1.807, 2.05) is 31.2 Å². The summed E-state index contributed by atoms with van der Waals surface area (Å²) in [6, 6.07) is 7.80. The van der Waals surface area contributed by atoms with E-state index in [0.717, 1.165) is 48.2 Å². The van der Waals surface area contributed by atoms with Crippen LogP contribution in [0.4, 0.5) is 0 Å². The number of rotatable bonds is 7. The highest BCUT2D eigenvalue weighted by Crippen LogP contribution is 2.11. The molecule has 0 fully saturated rings. The van der Waals surface area contributed by atoms with E-state index in [1.165, 1.54) is 5.01 Å². The summed E-state index contributed by atoms with van der Waals surface area (Å²) in [6.07, 6.45) is 2.04. The molecule has 0 aliphatic carbocycles. The molecular weight excluding hydrogens is 328 g/mol. The molecule has 23 heavy (non-hydrogen) atoms. The smallest absolute Gasteiger partial charge is 0.191 e. The number of hydrogen-bond acceptors (Lipinski definition) is 3. The number of aromatic nitrogens is 1. The number of guanidine groups is 1. The Labute approximate surface area is 147 Å².